The molecule has 1 N–H and O–H groups in total. The van der Waals surface area contributed by atoms with Crippen molar-refractivity contribution in [3.63, 3.8) is 0 Å². The quantitative estimate of drug-likeness (QED) is 0.834. The van der Waals surface area contributed by atoms with Gasteiger partial charge in [0.15, 0.2) is 0 Å². The van der Waals surface area contributed by atoms with Gasteiger partial charge in [-0.15, -0.1) is 0 Å². The van der Waals surface area contributed by atoms with Gasteiger partial charge in [0.1, 0.15) is 11.8 Å². The van der Waals surface area contributed by atoms with Crippen molar-refractivity contribution in [2.45, 2.75) is 20.3 Å². The van der Waals surface area contributed by atoms with Crippen LogP contribution in [0.2, 0.25) is 0 Å². The predicted molar refractivity (Wildman–Crippen MR) is 88.8 cm³/mol. The minimum Gasteiger partial charge on any atom is -0.385 e. The standard InChI is InChI=1S/C18H21N3O2/c1-13-5-6-16(14(2)11-13)21-9-7-15(12-19)17(21)18(22)20-8-4-10-23-3/h5-7,9,11H,4,8,10H2,1-3H3,(H,20,22). The highest BCUT2D eigenvalue weighted by molar-refractivity contribution is 5.96. The van der Waals surface area contributed by atoms with Gasteiger partial charge in [-0.3, -0.25) is 4.79 Å². The Morgan fingerprint density at radius 2 is 2.13 bits per heavy atom. The van der Waals surface area contributed by atoms with Gasteiger partial charge in [0.25, 0.3) is 5.91 Å². The summed E-state index contributed by atoms with van der Waals surface area (Å²) >= 11 is 0. The van der Waals surface area contributed by atoms with Crippen LogP contribution < -0.4 is 5.32 Å². The van der Waals surface area contributed by atoms with Gasteiger partial charge in [0.05, 0.1) is 5.56 Å². The largest absolute Gasteiger partial charge is 0.385 e. The number of amides is 1. The van der Waals surface area contributed by atoms with Crippen molar-refractivity contribution in [2.24, 2.45) is 0 Å². The van der Waals surface area contributed by atoms with Gasteiger partial charge in [-0.25, -0.2) is 0 Å². The summed E-state index contributed by atoms with van der Waals surface area (Å²) in [6, 6.07) is 9.78. The van der Waals surface area contributed by atoms with Crippen molar-refractivity contribution in [3.05, 3.63) is 52.8 Å². The molecule has 0 saturated carbocycles. The highest BCUT2D eigenvalue weighted by atomic mass is 16.5. The topological polar surface area (TPSA) is 67.0 Å². The highest BCUT2D eigenvalue weighted by Gasteiger charge is 2.18. The van der Waals surface area contributed by atoms with Crippen molar-refractivity contribution in [2.75, 3.05) is 20.3 Å². The molecule has 0 aliphatic heterocycles. The second kappa shape index (κ2) is 7.61. The molecular weight excluding hydrogens is 290 g/mol. The number of aromatic nitrogens is 1. The van der Waals surface area contributed by atoms with Crippen LogP contribution in [0.3, 0.4) is 0 Å². The minimum atomic E-state index is -0.248. The zero-order valence-electron chi connectivity index (χ0n) is 13.7. The van der Waals surface area contributed by atoms with E-state index in [1.165, 1.54) is 0 Å². The van der Waals surface area contributed by atoms with Gasteiger partial charge >= 0.3 is 0 Å². The zero-order valence-corrected chi connectivity index (χ0v) is 13.7. The molecule has 120 valence electrons. The van der Waals surface area contributed by atoms with Crippen molar-refractivity contribution >= 4 is 5.91 Å². The second-order valence-electron chi connectivity index (χ2n) is 5.45. The molecule has 1 aromatic carbocycles. The maximum absolute atomic E-state index is 12.5. The minimum absolute atomic E-state index is 0.248. The Morgan fingerprint density at radius 1 is 1.35 bits per heavy atom. The third kappa shape index (κ3) is 3.79. The molecule has 1 heterocycles. The summed E-state index contributed by atoms with van der Waals surface area (Å²) < 4.78 is 6.75. The molecule has 0 bridgehead atoms. The Kier molecular flexibility index (Phi) is 5.56. The molecule has 2 rings (SSSR count). The lowest BCUT2D eigenvalue weighted by Crippen LogP contribution is -2.28. The number of methoxy groups -OCH3 is 1. The lowest BCUT2D eigenvalue weighted by molar-refractivity contribution is 0.0941. The van der Waals surface area contributed by atoms with Crippen LogP contribution in [0.1, 0.15) is 33.6 Å². The lowest BCUT2D eigenvalue weighted by atomic mass is 10.1. The van der Waals surface area contributed by atoms with Gasteiger partial charge in [-0.05, 0) is 38.0 Å². The molecule has 5 nitrogen and oxygen atoms in total. The first-order valence-corrected chi connectivity index (χ1v) is 7.54. The number of carbonyl (C=O) groups excluding carboxylic acids is 1. The van der Waals surface area contributed by atoms with Crippen LogP contribution in [-0.2, 0) is 4.74 Å². The summed E-state index contributed by atoms with van der Waals surface area (Å²) in [5.41, 5.74) is 3.85. The van der Waals surface area contributed by atoms with E-state index >= 15 is 0 Å². The number of nitrogens with zero attached hydrogens (tertiary/aromatic N) is 2. The number of rotatable bonds is 6. The Balaban J connectivity index is 2.33. The average molecular weight is 311 g/mol. The summed E-state index contributed by atoms with van der Waals surface area (Å²) in [7, 11) is 1.63. The molecule has 5 heteroatoms. The van der Waals surface area contributed by atoms with Crippen molar-refractivity contribution in [1.29, 1.82) is 5.26 Å². The van der Waals surface area contributed by atoms with Gasteiger partial charge < -0.3 is 14.6 Å². The number of benzene rings is 1. The third-order valence-corrected chi connectivity index (χ3v) is 3.64. The Labute approximate surface area is 136 Å². The van der Waals surface area contributed by atoms with E-state index in [0.717, 1.165) is 23.2 Å². The fourth-order valence-electron chi connectivity index (χ4n) is 2.53. The predicted octanol–water partition coefficient (Wildman–Crippen LogP) is 2.73. The summed E-state index contributed by atoms with van der Waals surface area (Å²) in [6.07, 6.45) is 2.49. The van der Waals surface area contributed by atoms with Crippen molar-refractivity contribution in [1.82, 2.24) is 9.88 Å². The molecule has 1 aromatic heterocycles. The number of hydrogen-bond acceptors (Lipinski definition) is 3. The van der Waals surface area contributed by atoms with Crippen LogP contribution in [0.5, 0.6) is 0 Å². The normalized spacial score (nSPS) is 10.3. The van der Waals surface area contributed by atoms with Gasteiger partial charge in [0, 0.05) is 32.1 Å². The van der Waals surface area contributed by atoms with Crippen LogP contribution in [0.15, 0.2) is 30.5 Å². The summed E-state index contributed by atoms with van der Waals surface area (Å²) in [6.45, 7) is 5.12. The molecule has 23 heavy (non-hydrogen) atoms. The molecule has 0 radical (unpaired) electrons. The van der Waals surface area contributed by atoms with Gasteiger partial charge in [-0.1, -0.05) is 17.7 Å². The summed E-state index contributed by atoms with van der Waals surface area (Å²) in [5, 5.41) is 12.1. The molecular formula is C18H21N3O2. The Morgan fingerprint density at radius 3 is 2.78 bits per heavy atom. The fraction of sp³-hybridized carbons (Fsp3) is 0.333. The Bertz CT molecular complexity index is 741. The molecule has 0 aliphatic rings. The van der Waals surface area contributed by atoms with Gasteiger partial charge in [-0.2, -0.15) is 5.26 Å². The maximum atomic E-state index is 12.5. The van der Waals surface area contributed by atoms with E-state index in [-0.39, 0.29) is 5.91 Å². The van der Waals surface area contributed by atoms with E-state index in [4.69, 9.17) is 4.74 Å². The van der Waals surface area contributed by atoms with Crippen LogP contribution in [0.25, 0.3) is 5.69 Å². The van der Waals surface area contributed by atoms with Crippen LogP contribution in [0.4, 0.5) is 0 Å². The summed E-state index contributed by atoms with van der Waals surface area (Å²) in [4.78, 5) is 12.5. The van der Waals surface area contributed by atoms with Crippen LogP contribution in [-0.4, -0.2) is 30.7 Å². The van der Waals surface area contributed by atoms with Crippen molar-refractivity contribution < 1.29 is 9.53 Å². The zero-order chi connectivity index (χ0) is 16.8. The van der Waals surface area contributed by atoms with E-state index in [1.54, 1.807) is 23.9 Å². The molecule has 0 saturated heterocycles. The number of aryl methyl sites for hydroxylation is 2. The van der Waals surface area contributed by atoms with Crippen LogP contribution >= 0.6 is 0 Å². The van der Waals surface area contributed by atoms with Crippen molar-refractivity contribution in [3.8, 4) is 11.8 Å². The Hall–Kier alpha value is -2.58. The van der Waals surface area contributed by atoms with Crippen LogP contribution in [0, 0.1) is 25.2 Å². The lowest BCUT2D eigenvalue weighted by Gasteiger charge is -2.13. The number of nitriles is 1. The average Bonchev–Trinajstić information content (AvgIpc) is 2.95. The van der Waals surface area contributed by atoms with E-state index in [0.29, 0.717) is 24.4 Å². The number of carbonyl (C=O) groups is 1. The maximum Gasteiger partial charge on any atom is 0.269 e. The van der Waals surface area contributed by atoms with E-state index < -0.39 is 0 Å². The van der Waals surface area contributed by atoms with E-state index in [9.17, 15) is 10.1 Å². The fourth-order valence-corrected chi connectivity index (χ4v) is 2.53. The molecule has 0 unspecified atom stereocenters. The first-order chi connectivity index (χ1) is 11.1. The smallest absolute Gasteiger partial charge is 0.269 e. The molecule has 0 spiro atoms. The number of hydrogen-bond donors (Lipinski definition) is 1. The third-order valence-electron chi connectivity index (χ3n) is 3.64. The van der Waals surface area contributed by atoms with E-state index in [2.05, 4.69) is 17.5 Å². The molecule has 2 aromatic rings. The van der Waals surface area contributed by atoms with E-state index in [1.807, 2.05) is 26.0 Å². The highest BCUT2D eigenvalue weighted by Crippen LogP contribution is 2.21. The molecule has 1 amide bonds. The van der Waals surface area contributed by atoms with Gasteiger partial charge in [0.2, 0.25) is 0 Å². The number of nitrogens with one attached hydrogen (secondary N) is 1. The SMILES string of the molecule is COCCCNC(=O)c1c(C#N)ccn1-c1ccc(C)cc1C. The second-order valence-corrected chi connectivity index (χ2v) is 5.45. The monoisotopic (exact) mass is 311 g/mol. The molecule has 0 aliphatic carbocycles. The first-order valence-electron chi connectivity index (χ1n) is 7.54. The number of ether oxygens (including phenoxy) is 1. The first kappa shape index (κ1) is 16.8. The summed E-state index contributed by atoms with van der Waals surface area (Å²) in [5.74, 6) is -0.248. The molecule has 0 fully saturated rings. The molecule has 0 atom stereocenters.